The lowest BCUT2D eigenvalue weighted by Gasteiger charge is -2.15. The summed E-state index contributed by atoms with van der Waals surface area (Å²) in [4.78, 5) is 13.6. The van der Waals surface area contributed by atoms with Crippen LogP contribution in [0, 0.1) is 0 Å². The van der Waals surface area contributed by atoms with Gasteiger partial charge in [0, 0.05) is 5.69 Å². The second-order valence-corrected chi connectivity index (χ2v) is 5.40. The summed E-state index contributed by atoms with van der Waals surface area (Å²) in [5.41, 5.74) is 2.18. The van der Waals surface area contributed by atoms with E-state index in [0.29, 0.717) is 13.2 Å². The van der Waals surface area contributed by atoms with Gasteiger partial charge < -0.3 is 9.47 Å². The maximum Gasteiger partial charge on any atom is 0.414 e. The van der Waals surface area contributed by atoms with Crippen LogP contribution in [0.3, 0.4) is 0 Å². The van der Waals surface area contributed by atoms with Crippen molar-refractivity contribution in [3.8, 4) is 0 Å². The largest absolute Gasteiger partial charge is 0.490 e. The first-order valence-corrected chi connectivity index (χ1v) is 7.26. The number of allylic oxidation sites excluding steroid dienone is 3. The molecular weight excluding hydrogens is 266 g/mol. The number of ether oxygens (including phenoxy) is 2. The maximum absolute atomic E-state index is 11.9. The fourth-order valence-electron chi connectivity index (χ4n) is 2.53. The molecule has 1 saturated heterocycles. The van der Waals surface area contributed by atoms with Crippen LogP contribution in [0.5, 0.6) is 0 Å². The molecule has 21 heavy (non-hydrogen) atoms. The van der Waals surface area contributed by atoms with Crippen molar-refractivity contribution in [2.45, 2.75) is 25.9 Å². The molecular formula is C17H19NO3. The van der Waals surface area contributed by atoms with E-state index in [9.17, 15) is 4.79 Å². The number of carbonyl (C=O) groups excluding carboxylic acids is 1. The Hall–Kier alpha value is -2.23. The third-order valence-corrected chi connectivity index (χ3v) is 3.65. The van der Waals surface area contributed by atoms with Gasteiger partial charge in [0.05, 0.1) is 6.54 Å². The zero-order chi connectivity index (χ0) is 14.7. The van der Waals surface area contributed by atoms with Crippen LogP contribution in [0.1, 0.15) is 19.8 Å². The summed E-state index contributed by atoms with van der Waals surface area (Å²) < 4.78 is 11.1. The van der Waals surface area contributed by atoms with E-state index >= 15 is 0 Å². The monoisotopic (exact) mass is 285 g/mol. The van der Waals surface area contributed by atoms with E-state index in [0.717, 1.165) is 24.3 Å². The number of hydrogen-bond donors (Lipinski definition) is 0. The van der Waals surface area contributed by atoms with Crippen molar-refractivity contribution in [1.29, 1.82) is 0 Å². The van der Waals surface area contributed by atoms with E-state index in [4.69, 9.17) is 9.47 Å². The number of amides is 1. The predicted molar refractivity (Wildman–Crippen MR) is 81.1 cm³/mol. The second kappa shape index (κ2) is 6.04. The van der Waals surface area contributed by atoms with E-state index in [1.807, 2.05) is 30.3 Å². The Morgan fingerprint density at radius 3 is 2.90 bits per heavy atom. The number of nitrogens with zero attached hydrogens (tertiary/aromatic N) is 1. The molecule has 0 bridgehead atoms. The van der Waals surface area contributed by atoms with E-state index in [1.165, 1.54) is 5.57 Å². The first-order valence-electron chi connectivity index (χ1n) is 7.26. The summed E-state index contributed by atoms with van der Waals surface area (Å²) in [6.07, 6.45) is 5.70. The van der Waals surface area contributed by atoms with Crippen molar-refractivity contribution < 1.29 is 14.3 Å². The second-order valence-electron chi connectivity index (χ2n) is 5.40. The summed E-state index contributed by atoms with van der Waals surface area (Å²) in [6, 6.07) is 9.55. The molecule has 1 amide bonds. The van der Waals surface area contributed by atoms with Gasteiger partial charge in [-0.3, -0.25) is 4.90 Å². The van der Waals surface area contributed by atoms with Crippen LogP contribution in [0.4, 0.5) is 10.5 Å². The van der Waals surface area contributed by atoms with Gasteiger partial charge in [0.15, 0.2) is 6.10 Å². The Kier molecular flexibility index (Phi) is 3.95. The third-order valence-electron chi connectivity index (χ3n) is 3.65. The Morgan fingerprint density at radius 1 is 1.33 bits per heavy atom. The molecule has 2 aliphatic rings. The molecule has 0 radical (unpaired) electrons. The van der Waals surface area contributed by atoms with Gasteiger partial charge in [0.25, 0.3) is 0 Å². The quantitative estimate of drug-likeness (QED) is 0.847. The standard InChI is InChI=1S/C17H19NO3/c1-13-6-5-9-15(10-13)20-12-16-11-18(17(19)21-16)14-7-3-2-4-8-14/h2-4,7-10,16H,5-6,11-12H2,1H3. The molecule has 3 rings (SSSR count). The zero-order valence-corrected chi connectivity index (χ0v) is 12.1. The lowest BCUT2D eigenvalue weighted by molar-refractivity contribution is 0.0804. The van der Waals surface area contributed by atoms with Crippen molar-refractivity contribution in [2.75, 3.05) is 18.1 Å². The number of rotatable bonds is 4. The Bertz CT molecular complexity index is 577. The van der Waals surface area contributed by atoms with E-state index in [1.54, 1.807) is 4.90 Å². The summed E-state index contributed by atoms with van der Waals surface area (Å²) in [6.45, 7) is 3.02. The maximum atomic E-state index is 11.9. The van der Waals surface area contributed by atoms with Gasteiger partial charge in [-0.2, -0.15) is 0 Å². The minimum absolute atomic E-state index is 0.228. The van der Waals surface area contributed by atoms with Crippen molar-refractivity contribution in [3.05, 3.63) is 53.8 Å². The van der Waals surface area contributed by atoms with Gasteiger partial charge in [-0.1, -0.05) is 23.8 Å². The van der Waals surface area contributed by atoms with Crippen LogP contribution in [-0.4, -0.2) is 25.3 Å². The molecule has 1 aliphatic heterocycles. The summed E-state index contributed by atoms with van der Waals surface area (Å²) >= 11 is 0. The third kappa shape index (κ3) is 3.27. The highest BCUT2D eigenvalue weighted by atomic mass is 16.6. The van der Waals surface area contributed by atoms with Crippen LogP contribution >= 0.6 is 0 Å². The van der Waals surface area contributed by atoms with Gasteiger partial charge in [-0.15, -0.1) is 0 Å². The molecule has 4 heteroatoms. The number of carbonyl (C=O) groups is 1. The lowest BCUT2D eigenvalue weighted by Crippen LogP contribution is -2.25. The summed E-state index contributed by atoms with van der Waals surface area (Å²) in [5, 5.41) is 0. The van der Waals surface area contributed by atoms with Crippen molar-refractivity contribution in [1.82, 2.24) is 0 Å². The zero-order valence-electron chi connectivity index (χ0n) is 12.1. The average molecular weight is 285 g/mol. The molecule has 1 unspecified atom stereocenters. The fourth-order valence-corrected chi connectivity index (χ4v) is 2.53. The molecule has 110 valence electrons. The van der Waals surface area contributed by atoms with Gasteiger partial charge in [-0.05, 0) is 44.1 Å². The van der Waals surface area contributed by atoms with Crippen LogP contribution in [0.15, 0.2) is 53.8 Å². The van der Waals surface area contributed by atoms with E-state index in [-0.39, 0.29) is 12.2 Å². The molecule has 0 N–H and O–H groups in total. The fraction of sp³-hybridized carbons (Fsp3) is 0.353. The molecule has 1 aliphatic carbocycles. The Morgan fingerprint density at radius 2 is 2.14 bits per heavy atom. The number of para-hydroxylation sites is 1. The van der Waals surface area contributed by atoms with Crippen LogP contribution in [0.2, 0.25) is 0 Å². The molecule has 1 fully saturated rings. The van der Waals surface area contributed by atoms with Crippen LogP contribution in [-0.2, 0) is 9.47 Å². The predicted octanol–water partition coefficient (Wildman–Crippen LogP) is 3.65. The lowest BCUT2D eigenvalue weighted by atomic mass is 10.1. The average Bonchev–Trinajstić information content (AvgIpc) is 2.87. The molecule has 0 saturated carbocycles. The first kappa shape index (κ1) is 13.7. The minimum atomic E-state index is -0.306. The van der Waals surface area contributed by atoms with Gasteiger partial charge in [0.2, 0.25) is 0 Å². The van der Waals surface area contributed by atoms with Crippen molar-refractivity contribution >= 4 is 11.8 Å². The minimum Gasteiger partial charge on any atom is -0.490 e. The molecule has 1 heterocycles. The topological polar surface area (TPSA) is 38.8 Å². The number of benzene rings is 1. The molecule has 4 nitrogen and oxygen atoms in total. The van der Waals surface area contributed by atoms with Crippen LogP contribution in [0.25, 0.3) is 0 Å². The first-order chi connectivity index (χ1) is 10.2. The van der Waals surface area contributed by atoms with E-state index in [2.05, 4.69) is 19.1 Å². The highest BCUT2D eigenvalue weighted by Crippen LogP contribution is 2.23. The highest BCUT2D eigenvalue weighted by molar-refractivity contribution is 5.89. The molecule has 0 aromatic heterocycles. The number of hydrogen-bond acceptors (Lipinski definition) is 3. The smallest absolute Gasteiger partial charge is 0.414 e. The Labute approximate surface area is 124 Å². The molecule has 1 atom stereocenters. The summed E-state index contributed by atoms with van der Waals surface area (Å²) in [7, 11) is 0. The number of anilines is 1. The van der Waals surface area contributed by atoms with E-state index < -0.39 is 0 Å². The molecule has 0 spiro atoms. The van der Waals surface area contributed by atoms with Gasteiger partial charge in [-0.25, -0.2) is 4.79 Å². The molecule has 1 aromatic rings. The van der Waals surface area contributed by atoms with Crippen LogP contribution < -0.4 is 4.90 Å². The Balaban J connectivity index is 1.57. The molecule has 1 aromatic carbocycles. The highest BCUT2D eigenvalue weighted by Gasteiger charge is 2.32. The van der Waals surface area contributed by atoms with Gasteiger partial charge in [0.1, 0.15) is 12.4 Å². The van der Waals surface area contributed by atoms with Gasteiger partial charge >= 0.3 is 6.09 Å². The summed E-state index contributed by atoms with van der Waals surface area (Å²) in [5.74, 6) is 0.882. The normalized spacial score (nSPS) is 21.7. The van der Waals surface area contributed by atoms with Crippen molar-refractivity contribution in [2.24, 2.45) is 0 Å². The number of cyclic esters (lactones) is 1. The SMILES string of the molecule is CC1=CC(OCC2CN(c3ccccc3)C(=O)O2)=CCC1. The van der Waals surface area contributed by atoms with Crippen molar-refractivity contribution in [3.63, 3.8) is 0 Å².